The van der Waals surface area contributed by atoms with Crippen molar-refractivity contribution in [2.45, 2.75) is 71.4 Å². The van der Waals surface area contributed by atoms with Crippen molar-refractivity contribution < 1.29 is 4.74 Å². The van der Waals surface area contributed by atoms with E-state index in [0.717, 1.165) is 19.6 Å². The molecular weight excluding hydrogens is 258 g/mol. The van der Waals surface area contributed by atoms with E-state index in [4.69, 9.17) is 4.74 Å². The van der Waals surface area contributed by atoms with Crippen LogP contribution in [-0.2, 0) is 11.2 Å². The molecule has 0 aliphatic carbocycles. The summed E-state index contributed by atoms with van der Waals surface area (Å²) in [6, 6.07) is 7.51. The summed E-state index contributed by atoms with van der Waals surface area (Å²) >= 11 is 0. The minimum Gasteiger partial charge on any atom is -0.378 e. The zero-order chi connectivity index (χ0) is 15.1. The van der Waals surface area contributed by atoms with Crippen molar-refractivity contribution >= 4 is 0 Å². The predicted molar refractivity (Wildman–Crippen MR) is 89.9 cm³/mol. The van der Waals surface area contributed by atoms with E-state index < -0.39 is 0 Å². The highest BCUT2D eigenvalue weighted by atomic mass is 16.5. The first-order valence-corrected chi connectivity index (χ1v) is 8.59. The van der Waals surface area contributed by atoms with E-state index in [9.17, 15) is 0 Å². The Bertz CT molecular complexity index is 403. The summed E-state index contributed by atoms with van der Waals surface area (Å²) in [7, 11) is 0. The van der Waals surface area contributed by atoms with E-state index in [1.165, 1.54) is 48.8 Å². The van der Waals surface area contributed by atoms with Crippen LogP contribution in [0.15, 0.2) is 18.2 Å². The first-order chi connectivity index (χ1) is 10.2. The topological polar surface area (TPSA) is 21.3 Å². The molecule has 1 saturated heterocycles. The van der Waals surface area contributed by atoms with Crippen LogP contribution in [0, 0.1) is 13.8 Å². The molecule has 1 N–H and O–H groups in total. The number of benzene rings is 1. The van der Waals surface area contributed by atoms with Crippen molar-refractivity contribution in [3.05, 3.63) is 34.9 Å². The highest BCUT2D eigenvalue weighted by Crippen LogP contribution is 2.19. The molecule has 0 bridgehead atoms. The summed E-state index contributed by atoms with van der Waals surface area (Å²) in [6.45, 7) is 8.61. The quantitative estimate of drug-likeness (QED) is 0.775. The largest absolute Gasteiger partial charge is 0.378 e. The first-order valence-electron chi connectivity index (χ1n) is 8.59. The zero-order valence-electron chi connectivity index (χ0n) is 14.0. The molecule has 1 aliphatic rings. The van der Waals surface area contributed by atoms with E-state index in [-0.39, 0.29) is 0 Å². The maximum Gasteiger partial charge on any atom is 0.0576 e. The Morgan fingerprint density at radius 2 is 2.00 bits per heavy atom. The number of aryl methyl sites for hydroxylation is 2. The van der Waals surface area contributed by atoms with E-state index >= 15 is 0 Å². The second-order valence-corrected chi connectivity index (χ2v) is 6.52. The van der Waals surface area contributed by atoms with Crippen LogP contribution in [0.4, 0.5) is 0 Å². The highest BCUT2D eigenvalue weighted by Gasteiger charge is 2.16. The number of likely N-dealkylation sites (N-methyl/N-ethyl adjacent to an activating group) is 1. The fourth-order valence-electron chi connectivity index (χ4n) is 3.50. The van der Waals surface area contributed by atoms with Crippen molar-refractivity contribution in [1.82, 2.24) is 5.32 Å². The van der Waals surface area contributed by atoms with Gasteiger partial charge in [-0.1, -0.05) is 36.2 Å². The SMILES string of the molecule is CCNC(CCCC1CCCO1)Cc1cc(C)cc(C)c1. The van der Waals surface area contributed by atoms with Gasteiger partial charge in [0, 0.05) is 12.6 Å². The van der Waals surface area contributed by atoms with Gasteiger partial charge in [-0.05, 0) is 64.5 Å². The average molecular weight is 289 g/mol. The third kappa shape index (κ3) is 5.80. The molecule has 0 spiro atoms. The number of hydrogen-bond donors (Lipinski definition) is 1. The van der Waals surface area contributed by atoms with Crippen molar-refractivity contribution in [2.75, 3.05) is 13.2 Å². The van der Waals surface area contributed by atoms with Gasteiger partial charge in [0.2, 0.25) is 0 Å². The summed E-state index contributed by atoms with van der Waals surface area (Å²) in [6.07, 6.45) is 7.95. The molecule has 0 amide bonds. The lowest BCUT2D eigenvalue weighted by Gasteiger charge is -2.19. The van der Waals surface area contributed by atoms with Gasteiger partial charge in [-0.25, -0.2) is 0 Å². The smallest absolute Gasteiger partial charge is 0.0576 e. The van der Waals surface area contributed by atoms with E-state index in [0.29, 0.717) is 12.1 Å². The van der Waals surface area contributed by atoms with Crippen molar-refractivity contribution in [2.24, 2.45) is 0 Å². The van der Waals surface area contributed by atoms with Gasteiger partial charge in [0.1, 0.15) is 0 Å². The average Bonchev–Trinajstić information content (AvgIpc) is 2.91. The Morgan fingerprint density at radius 1 is 1.24 bits per heavy atom. The molecule has 1 heterocycles. The summed E-state index contributed by atoms with van der Waals surface area (Å²) in [5.41, 5.74) is 4.22. The Hall–Kier alpha value is -0.860. The molecule has 2 nitrogen and oxygen atoms in total. The van der Waals surface area contributed by atoms with Crippen LogP contribution in [0.25, 0.3) is 0 Å². The number of rotatable bonds is 8. The maximum absolute atomic E-state index is 5.72. The molecule has 2 atom stereocenters. The van der Waals surface area contributed by atoms with Crippen LogP contribution in [0.2, 0.25) is 0 Å². The second kappa shape index (κ2) is 8.55. The number of hydrogen-bond acceptors (Lipinski definition) is 2. The second-order valence-electron chi connectivity index (χ2n) is 6.52. The molecule has 0 aromatic heterocycles. The molecule has 1 aromatic carbocycles. The standard InChI is InChI=1S/C19H31NO/c1-4-20-18(7-5-8-19-9-6-10-21-19)14-17-12-15(2)11-16(3)13-17/h11-13,18-20H,4-10,14H2,1-3H3. The Labute approximate surface area is 130 Å². The van der Waals surface area contributed by atoms with Gasteiger partial charge in [0.25, 0.3) is 0 Å². The minimum absolute atomic E-state index is 0.536. The van der Waals surface area contributed by atoms with Gasteiger partial charge in [-0.15, -0.1) is 0 Å². The zero-order valence-corrected chi connectivity index (χ0v) is 14.0. The number of nitrogens with one attached hydrogen (secondary N) is 1. The van der Waals surface area contributed by atoms with E-state index in [1.54, 1.807) is 0 Å². The van der Waals surface area contributed by atoms with Gasteiger partial charge in [-0.3, -0.25) is 0 Å². The van der Waals surface area contributed by atoms with Gasteiger partial charge in [0.05, 0.1) is 6.10 Å². The normalized spacial score (nSPS) is 19.9. The van der Waals surface area contributed by atoms with E-state index in [1.807, 2.05) is 0 Å². The molecule has 1 aromatic rings. The molecule has 0 radical (unpaired) electrons. The van der Waals surface area contributed by atoms with E-state index in [2.05, 4.69) is 44.3 Å². The van der Waals surface area contributed by atoms with Crippen LogP contribution >= 0.6 is 0 Å². The van der Waals surface area contributed by atoms with Gasteiger partial charge >= 0.3 is 0 Å². The number of ether oxygens (including phenoxy) is 1. The lowest BCUT2D eigenvalue weighted by Crippen LogP contribution is -2.31. The fourth-order valence-corrected chi connectivity index (χ4v) is 3.50. The van der Waals surface area contributed by atoms with Crippen LogP contribution < -0.4 is 5.32 Å². The lowest BCUT2D eigenvalue weighted by atomic mass is 9.97. The van der Waals surface area contributed by atoms with Crippen molar-refractivity contribution in [3.8, 4) is 0 Å². The van der Waals surface area contributed by atoms with Crippen LogP contribution in [0.1, 0.15) is 55.7 Å². The van der Waals surface area contributed by atoms with Gasteiger partial charge in [-0.2, -0.15) is 0 Å². The van der Waals surface area contributed by atoms with Crippen molar-refractivity contribution in [1.29, 1.82) is 0 Å². The van der Waals surface area contributed by atoms with Gasteiger partial charge in [0.15, 0.2) is 0 Å². The Morgan fingerprint density at radius 3 is 2.62 bits per heavy atom. The summed E-state index contributed by atoms with van der Waals surface area (Å²) < 4.78 is 5.72. The predicted octanol–water partition coefficient (Wildman–Crippen LogP) is 4.17. The van der Waals surface area contributed by atoms with Crippen molar-refractivity contribution in [3.63, 3.8) is 0 Å². The molecule has 1 aliphatic heterocycles. The van der Waals surface area contributed by atoms with Crippen LogP contribution in [0.5, 0.6) is 0 Å². The monoisotopic (exact) mass is 289 g/mol. The minimum atomic E-state index is 0.536. The fraction of sp³-hybridized carbons (Fsp3) is 0.684. The van der Waals surface area contributed by atoms with Gasteiger partial charge < -0.3 is 10.1 Å². The molecule has 2 rings (SSSR count). The highest BCUT2D eigenvalue weighted by molar-refractivity contribution is 5.29. The summed E-state index contributed by atoms with van der Waals surface area (Å²) in [5, 5.41) is 3.65. The van der Waals surface area contributed by atoms with Crippen LogP contribution in [0.3, 0.4) is 0 Å². The first kappa shape index (κ1) is 16.5. The molecule has 1 fully saturated rings. The third-order valence-electron chi connectivity index (χ3n) is 4.36. The maximum atomic E-state index is 5.72. The molecule has 21 heavy (non-hydrogen) atoms. The third-order valence-corrected chi connectivity index (χ3v) is 4.36. The summed E-state index contributed by atoms with van der Waals surface area (Å²) in [5.74, 6) is 0. The molecule has 2 heteroatoms. The lowest BCUT2D eigenvalue weighted by molar-refractivity contribution is 0.101. The molecular formula is C19H31NO. The Balaban J connectivity index is 1.82. The summed E-state index contributed by atoms with van der Waals surface area (Å²) in [4.78, 5) is 0. The molecule has 2 unspecified atom stereocenters. The molecule has 118 valence electrons. The Kier molecular flexibility index (Phi) is 6.72. The van der Waals surface area contributed by atoms with Crippen LogP contribution in [-0.4, -0.2) is 25.3 Å². The molecule has 0 saturated carbocycles.